The number of anilines is 1. The molecule has 1 unspecified atom stereocenters. The molecule has 168 valence electrons. The third kappa shape index (κ3) is 4.12. The van der Waals surface area contributed by atoms with Gasteiger partial charge in [0, 0.05) is 23.6 Å². The van der Waals surface area contributed by atoms with Crippen LogP contribution in [-0.4, -0.2) is 27.9 Å². The van der Waals surface area contributed by atoms with Crippen LogP contribution in [0.4, 0.5) is 5.69 Å². The Balaban J connectivity index is 1.90. The van der Waals surface area contributed by atoms with E-state index in [9.17, 15) is 14.7 Å². The third-order valence-corrected chi connectivity index (χ3v) is 5.65. The van der Waals surface area contributed by atoms with Crippen LogP contribution in [0, 0.1) is 13.8 Å². The van der Waals surface area contributed by atoms with Crippen molar-refractivity contribution in [2.75, 3.05) is 4.90 Å². The minimum absolute atomic E-state index is 0.00859. The number of carbonyl (C=O) groups is 2. The largest absolute Gasteiger partial charge is 0.507 e. The molecule has 0 radical (unpaired) electrons. The van der Waals surface area contributed by atoms with Crippen LogP contribution in [0.15, 0.2) is 72.6 Å². The molecule has 0 spiro atoms. The van der Waals surface area contributed by atoms with Crippen molar-refractivity contribution in [2.45, 2.75) is 39.8 Å². The van der Waals surface area contributed by atoms with Crippen molar-refractivity contribution in [1.82, 2.24) is 4.98 Å². The van der Waals surface area contributed by atoms with Gasteiger partial charge in [-0.2, -0.15) is 0 Å². The Morgan fingerprint density at radius 1 is 1.00 bits per heavy atom. The molecule has 4 rings (SSSR count). The second-order valence-corrected chi connectivity index (χ2v) is 8.38. The average Bonchev–Trinajstić information content (AvgIpc) is 3.06. The highest BCUT2D eigenvalue weighted by Gasteiger charge is 2.47. The van der Waals surface area contributed by atoms with Gasteiger partial charge in [-0.3, -0.25) is 19.5 Å². The van der Waals surface area contributed by atoms with Crippen molar-refractivity contribution in [3.63, 3.8) is 0 Å². The maximum atomic E-state index is 13.2. The van der Waals surface area contributed by atoms with E-state index in [0.717, 1.165) is 11.1 Å². The molecule has 1 aliphatic heterocycles. The summed E-state index contributed by atoms with van der Waals surface area (Å²) in [6.45, 7) is 7.64. The van der Waals surface area contributed by atoms with Gasteiger partial charge in [0.25, 0.3) is 11.7 Å². The fourth-order valence-electron chi connectivity index (χ4n) is 4.11. The Bertz CT molecular complexity index is 1250. The first kappa shape index (κ1) is 22.3. The lowest BCUT2D eigenvalue weighted by atomic mass is 9.95. The van der Waals surface area contributed by atoms with Gasteiger partial charge in [-0.15, -0.1) is 0 Å². The Morgan fingerprint density at radius 2 is 1.70 bits per heavy atom. The highest BCUT2D eigenvalue weighted by Crippen LogP contribution is 2.43. The number of aromatic nitrogens is 1. The SMILES string of the molecule is Cc1cc(/C(O)=C2/C(=O)C(=O)N(c3ccccc3C)C2c2ccncc2)ccc1OC(C)C. The number of Topliss-reactive ketones (excluding diaryl/α,β-unsaturated/α-hetero) is 1. The number of hydrogen-bond donors (Lipinski definition) is 1. The summed E-state index contributed by atoms with van der Waals surface area (Å²) in [6, 6.07) is 15.3. The first-order chi connectivity index (χ1) is 15.8. The molecule has 0 saturated carbocycles. The molecular formula is C27H26N2O4. The summed E-state index contributed by atoms with van der Waals surface area (Å²) < 4.78 is 5.79. The summed E-state index contributed by atoms with van der Waals surface area (Å²) in [5.41, 5.74) is 3.48. The lowest BCUT2D eigenvalue weighted by Gasteiger charge is -2.26. The standard InChI is InChI=1S/C27H26N2O4/c1-16(2)33-22-10-9-20(15-18(22)4)25(30)23-24(19-11-13-28-14-12-19)29(27(32)26(23)31)21-8-6-5-7-17(21)3/h5-16,24,30H,1-4H3/b25-23-. The number of rotatable bonds is 5. The van der Waals surface area contributed by atoms with Crippen molar-refractivity contribution in [3.8, 4) is 5.75 Å². The van der Waals surface area contributed by atoms with Gasteiger partial charge in [0.2, 0.25) is 0 Å². The van der Waals surface area contributed by atoms with Crippen LogP contribution >= 0.6 is 0 Å². The number of nitrogens with zero attached hydrogens (tertiary/aromatic N) is 2. The second-order valence-electron chi connectivity index (χ2n) is 8.38. The van der Waals surface area contributed by atoms with Crippen molar-refractivity contribution in [2.24, 2.45) is 0 Å². The summed E-state index contributed by atoms with van der Waals surface area (Å²) in [4.78, 5) is 32.0. The predicted molar refractivity (Wildman–Crippen MR) is 127 cm³/mol. The number of hydrogen-bond acceptors (Lipinski definition) is 5. The summed E-state index contributed by atoms with van der Waals surface area (Å²) in [6.07, 6.45) is 3.22. The van der Waals surface area contributed by atoms with E-state index >= 15 is 0 Å². The Morgan fingerprint density at radius 3 is 2.33 bits per heavy atom. The van der Waals surface area contributed by atoms with Crippen molar-refractivity contribution in [3.05, 3.63) is 94.8 Å². The molecule has 6 nitrogen and oxygen atoms in total. The van der Waals surface area contributed by atoms with Crippen LogP contribution in [0.5, 0.6) is 5.75 Å². The first-order valence-electron chi connectivity index (χ1n) is 10.8. The zero-order valence-electron chi connectivity index (χ0n) is 19.1. The fraction of sp³-hybridized carbons (Fsp3) is 0.222. The predicted octanol–water partition coefficient (Wildman–Crippen LogP) is 5.11. The number of pyridine rings is 1. The average molecular weight is 443 g/mol. The van der Waals surface area contributed by atoms with Gasteiger partial charge >= 0.3 is 0 Å². The summed E-state index contributed by atoms with van der Waals surface area (Å²) in [7, 11) is 0. The van der Waals surface area contributed by atoms with Crippen molar-refractivity contribution >= 4 is 23.1 Å². The normalized spacial score (nSPS) is 17.6. The van der Waals surface area contributed by atoms with Crippen LogP contribution < -0.4 is 9.64 Å². The summed E-state index contributed by atoms with van der Waals surface area (Å²) >= 11 is 0. The monoisotopic (exact) mass is 442 g/mol. The minimum atomic E-state index is -0.777. The zero-order chi connectivity index (χ0) is 23.7. The highest BCUT2D eigenvalue weighted by molar-refractivity contribution is 6.51. The van der Waals surface area contributed by atoms with Gasteiger partial charge in [-0.1, -0.05) is 18.2 Å². The molecule has 1 atom stereocenters. The fourth-order valence-corrected chi connectivity index (χ4v) is 4.11. The van der Waals surface area contributed by atoms with Gasteiger partial charge in [0.15, 0.2) is 0 Å². The number of ketones is 1. The topological polar surface area (TPSA) is 79.7 Å². The molecule has 1 aromatic heterocycles. The molecule has 1 amide bonds. The molecule has 0 aliphatic carbocycles. The van der Waals surface area contributed by atoms with E-state index in [1.165, 1.54) is 4.90 Å². The van der Waals surface area contributed by atoms with Gasteiger partial charge in [0.1, 0.15) is 11.5 Å². The zero-order valence-corrected chi connectivity index (χ0v) is 19.1. The van der Waals surface area contributed by atoms with E-state index in [4.69, 9.17) is 4.74 Å². The first-order valence-corrected chi connectivity index (χ1v) is 10.8. The molecular weight excluding hydrogens is 416 g/mol. The van der Waals surface area contributed by atoms with Gasteiger partial charge in [-0.25, -0.2) is 0 Å². The molecule has 0 bridgehead atoms. The lowest BCUT2D eigenvalue weighted by Crippen LogP contribution is -2.30. The molecule has 3 aromatic rings. The molecule has 2 aromatic carbocycles. The van der Waals surface area contributed by atoms with Gasteiger partial charge in [0.05, 0.1) is 17.7 Å². The number of benzene rings is 2. The van der Waals surface area contributed by atoms with Crippen LogP contribution in [0.2, 0.25) is 0 Å². The maximum absolute atomic E-state index is 13.2. The smallest absolute Gasteiger partial charge is 0.300 e. The number of aliphatic hydroxyl groups is 1. The number of ether oxygens (including phenoxy) is 1. The highest BCUT2D eigenvalue weighted by atomic mass is 16.5. The molecule has 1 N–H and O–H groups in total. The number of carbonyl (C=O) groups excluding carboxylic acids is 2. The second kappa shape index (κ2) is 8.90. The van der Waals surface area contributed by atoms with E-state index in [0.29, 0.717) is 22.6 Å². The van der Waals surface area contributed by atoms with Gasteiger partial charge < -0.3 is 9.84 Å². The minimum Gasteiger partial charge on any atom is -0.507 e. The Kier molecular flexibility index (Phi) is 6.01. The molecule has 33 heavy (non-hydrogen) atoms. The molecule has 1 fully saturated rings. The van der Waals surface area contributed by atoms with Crippen LogP contribution in [-0.2, 0) is 9.59 Å². The molecule has 1 aliphatic rings. The lowest BCUT2D eigenvalue weighted by molar-refractivity contribution is -0.132. The van der Waals surface area contributed by atoms with E-state index in [2.05, 4.69) is 4.98 Å². The Hall–Kier alpha value is -3.93. The quantitative estimate of drug-likeness (QED) is 0.337. The third-order valence-electron chi connectivity index (χ3n) is 5.65. The van der Waals surface area contributed by atoms with Crippen LogP contribution in [0.1, 0.15) is 42.1 Å². The number of aliphatic hydroxyl groups excluding tert-OH is 1. The molecule has 6 heteroatoms. The molecule has 1 saturated heterocycles. The van der Waals surface area contributed by atoms with E-state index in [1.54, 1.807) is 48.8 Å². The van der Waals surface area contributed by atoms with Crippen molar-refractivity contribution in [1.29, 1.82) is 0 Å². The van der Waals surface area contributed by atoms with E-state index < -0.39 is 17.7 Å². The Labute approximate surface area is 193 Å². The maximum Gasteiger partial charge on any atom is 0.300 e. The van der Waals surface area contributed by atoms with E-state index in [1.807, 2.05) is 45.9 Å². The molecule has 2 heterocycles. The number of amides is 1. The van der Waals surface area contributed by atoms with Gasteiger partial charge in [-0.05, 0) is 80.8 Å². The summed E-state index contributed by atoms with van der Waals surface area (Å²) in [5, 5.41) is 11.3. The van der Waals surface area contributed by atoms with Crippen molar-refractivity contribution < 1.29 is 19.4 Å². The van der Waals surface area contributed by atoms with Crippen LogP contribution in [0.25, 0.3) is 5.76 Å². The van der Waals surface area contributed by atoms with Crippen LogP contribution in [0.3, 0.4) is 0 Å². The van der Waals surface area contributed by atoms with E-state index in [-0.39, 0.29) is 17.4 Å². The number of aryl methyl sites for hydroxylation is 2. The summed E-state index contributed by atoms with van der Waals surface area (Å²) in [5.74, 6) is -0.917. The number of para-hydroxylation sites is 1.